The molecule has 0 fully saturated rings. The van der Waals surface area contributed by atoms with Crippen LogP contribution in [0.3, 0.4) is 0 Å². The maximum absolute atomic E-state index is 12.6. The van der Waals surface area contributed by atoms with Crippen molar-refractivity contribution in [3.8, 4) is 11.5 Å². The third kappa shape index (κ3) is 2.98. The van der Waals surface area contributed by atoms with Gasteiger partial charge in [-0.25, -0.2) is 0 Å². The van der Waals surface area contributed by atoms with Crippen LogP contribution in [-0.2, 0) is 6.54 Å². The highest BCUT2D eigenvalue weighted by molar-refractivity contribution is 6.14. The van der Waals surface area contributed by atoms with Crippen LogP contribution >= 0.6 is 0 Å². The molecule has 0 unspecified atom stereocenters. The molecule has 0 bridgehead atoms. The van der Waals surface area contributed by atoms with Crippen molar-refractivity contribution < 1.29 is 19.5 Å². The molecule has 2 aromatic carbocycles. The molecule has 0 spiro atoms. The molecule has 4 heteroatoms. The molecule has 2 N–H and O–H groups in total. The van der Waals surface area contributed by atoms with Gasteiger partial charge in [-0.3, -0.25) is 4.79 Å². The van der Waals surface area contributed by atoms with Crippen molar-refractivity contribution in [2.24, 2.45) is 0 Å². The Hall–Kier alpha value is -2.59. The Morgan fingerprint density at radius 2 is 2.00 bits per heavy atom. The van der Waals surface area contributed by atoms with Crippen molar-refractivity contribution in [3.05, 3.63) is 64.4 Å². The molecule has 0 atom stereocenters. The molecule has 0 aliphatic carbocycles. The number of phenolic OH excluding ortho intramolecular Hbond substituents is 1. The van der Waals surface area contributed by atoms with E-state index < -0.39 is 0 Å². The summed E-state index contributed by atoms with van der Waals surface area (Å²) in [4.78, 5) is 13.7. The van der Waals surface area contributed by atoms with E-state index in [0.717, 1.165) is 16.0 Å². The SMILES string of the molecule is Cc1cccc(/C=C2\Oc3c(ccc(O)c3C[NH+](C)C)C2=O)c1. The highest BCUT2D eigenvalue weighted by atomic mass is 16.5. The van der Waals surface area contributed by atoms with E-state index in [0.29, 0.717) is 29.2 Å². The van der Waals surface area contributed by atoms with E-state index >= 15 is 0 Å². The van der Waals surface area contributed by atoms with Crippen LogP contribution < -0.4 is 9.64 Å². The minimum Gasteiger partial charge on any atom is -0.507 e. The highest BCUT2D eigenvalue weighted by Gasteiger charge is 2.31. The lowest BCUT2D eigenvalue weighted by Gasteiger charge is -2.12. The monoisotopic (exact) mass is 310 g/mol. The van der Waals surface area contributed by atoms with Crippen LogP contribution in [0.25, 0.3) is 6.08 Å². The van der Waals surface area contributed by atoms with Gasteiger partial charge in [-0.05, 0) is 30.7 Å². The van der Waals surface area contributed by atoms with Crippen LogP contribution in [-0.4, -0.2) is 25.0 Å². The van der Waals surface area contributed by atoms with E-state index in [2.05, 4.69) is 0 Å². The maximum atomic E-state index is 12.6. The number of quaternary nitrogens is 1. The van der Waals surface area contributed by atoms with Crippen molar-refractivity contribution in [3.63, 3.8) is 0 Å². The van der Waals surface area contributed by atoms with Gasteiger partial charge in [0.25, 0.3) is 0 Å². The Morgan fingerprint density at radius 1 is 1.22 bits per heavy atom. The van der Waals surface area contributed by atoms with Crippen LogP contribution in [0.15, 0.2) is 42.2 Å². The van der Waals surface area contributed by atoms with Gasteiger partial charge in [0.05, 0.1) is 25.2 Å². The third-order valence-corrected chi connectivity index (χ3v) is 3.79. The number of nitrogens with one attached hydrogen (secondary N) is 1. The van der Waals surface area contributed by atoms with Gasteiger partial charge in [0.1, 0.15) is 12.3 Å². The Bertz CT molecular complexity index is 806. The van der Waals surface area contributed by atoms with Crippen LogP contribution in [0, 0.1) is 6.92 Å². The van der Waals surface area contributed by atoms with Gasteiger partial charge in [0, 0.05) is 0 Å². The maximum Gasteiger partial charge on any atom is 0.231 e. The molecule has 0 aromatic heterocycles. The second-order valence-corrected chi connectivity index (χ2v) is 6.18. The number of aryl methyl sites for hydroxylation is 1. The fourth-order valence-electron chi connectivity index (χ4n) is 2.73. The van der Waals surface area contributed by atoms with Crippen molar-refractivity contribution in [1.29, 1.82) is 0 Å². The zero-order valence-corrected chi connectivity index (χ0v) is 13.5. The highest BCUT2D eigenvalue weighted by Crippen LogP contribution is 2.39. The predicted molar refractivity (Wildman–Crippen MR) is 88.7 cm³/mol. The summed E-state index contributed by atoms with van der Waals surface area (Å²) in [6.07, 6.45) is 1.75. The Kier molecular flexibility index (Phi) is 3.92. The van der Waals surface area contributed by atoms with Crippen LogP contribution in [0.1, 0.15) is 27.0 Å². The van der Waals surface area contributed by atoms with Gasteiger partial charge in [0.2, 0.25) is 5.78 Å². The average molecular weight is 310 g/mol. The molecule has 0 amide bonds. The number of ketones is 1. The van der Waals surface area contributed by atoms with Gasteiger partial charge in [0.15, 0.2) is 11.5 Å². The first-order valence-electron chi connectivity index (χ1n) is 7.60. The average Bonchev–Trinajstić information content (AvgIpc) is 2.79. The van der Waals surface area contributed by atoms with E-state index in [1.807, 2.05) is 45.3 Å². The molecule has 4 nitrogen and oxygen atoms in total. The number of Topliss-reactive ketones (excluding diaryl/α,β-unsaturated/α-hetero) is 1. The van der Waals surface area contributed by atoms with Crippen LogP contribution in [0.5, 0.6) is 11.5 Å². The van der Waals surface area contributed by atoms with Gasteiger partial charge < -0.3 is 14.7 Å². The Balaban J connectivity index is 2.02. The normalized spacial score (nSPS) is 15.1. The molecule has 0 radical (unpaired) electrons. The predicted octanol–water partition coefficient (Wildman–Crippen LogP) is 1.96. The fourth-order valence-corrected chi connectivity index (χ4v) is 2.73. The van der Waals surface area contributed by atoms with Gasteiger partial charge in [-0.15, -0.1) is 0 Å². The summed E-state index contributed by atoms with van der Waals surface area (Å²) in [5, 5.41) is 10.1. The van der Waals surface area contributed by atoms with Gasteiger partial charge in [-0.2, -0.15) is 0 Å². The zero-order chi connectivity index (χ0) is 16.6. The number of hydrogen-bond donors (Lipinski definition) is 2. The first-order chi connectivity index (χ1) is 11.0. The molecule has 118 valence electrons. The van der Waals surface area contributed by atoms with Crippen LogP contribution in [0.4, 0.5) is 0 Å². The number of hydrogen-bond acceptors (Lipinski definition) is 3. The lowest BCUT2D eigenvalue weighted by molar-refractivity contribution is -0.872. The zero-order valence-electron chi connectivity index (χ0n) is 13.5. The van der Waals surface area contributed by atoms with E-state index in [1.54, 1.807) is 18.2 Å². The van der Waals surface area contributed by atoms with E-state index in [1.165, 1.54) is 0 Å². The van der Waals surface area contributed by atoms with Crippen molar-refractivity contribution in [1.82, 2.24) is 0 Å². The van der Waals surface area contributed by atoms with Crippen molar-refractivity contribution in [2.45, 2.75) is 13.5 Å². The van der Waals surface area contributed by atoms with Gasteiger partial charge >= 0.3 is 0 Å². The molecule has 23 heavy (non-hydrogen) atoms. The van der Waals surface area contributed by atoms with Crippen LogP contribution in [0.2, 0.25) is 0 Å². The summed E-state index contributed by atoms with van der Waals surface area (Å²) >= 11 is 0. The molecule has 3 rings (SSSR count). The second kappa shape index (κ2) is 5.89. The summed E-state index contributed by atoms with van der Waals surface area (Å²) in [5.74, 6) is 0.798. The van der Waals surface area contributed by atoms with E-state index in [-0.39, 0.29) is 11.5 Å². The Morgan fingerprint density at radius 3 is 2.70 bits per heavy atom. The second-order valence-electron chi connectivity index (χ2n) is 6.18. The minimum absolute atomic E-state index is 0.142. The Labute approximate surface area is 135 Å². The standard InChI is InChI=1S/C19H19NO3/c1-12-5-4-6-13(9-12)10-17-18(22)14-7-8-16(21)15(11-20(2)3)19(14)23-17/h4-10,21H,11H2,1-3H3/p+1/b17-10-. The number of fused-ring (bicyclic) bond motifs is 1. The lowest BCUT2D eigenvalue weighted by atomic mass is 10.0. The molecule has 0 saturated carbocycles. The molecule has 2 aromatic rings. The van der Waals surface area contributed by atoms with Crippen molar-refractivity contribution >= 4 is 11.9 Å². The molecule has 1 aliphatic rings. The largest absolute Gasteiger partial charge is 0.507 e. The molecule has 1 heterocycles. The molecule has 1 aliphatic heterocycles. The number of allylic oxidation sites excluding steroid dienone is 1. The van der Waals surface area contributed by atoms with E-state index in [9.17, 15) is 9.90 Å². The number of benzene rings is 2. The number of aromatic hydroxyl groups is 1. The summed E-state index contributed by atoms with van der Waals surface area (Å²) in [6.45, 7) is 2.59. The van der Waals surface area contributed by atoms with Crippen molar-refractivity contribution in [2.75, 3.05) is 14.1 Å². The summed E-state index contributed by atoms with van der Waals surface area (Å²) in [7, 11) is 3.97. The molecular weight excluding hydrogens is 290 g/mol. The fraction of sp³-hybridized carbons (Fsp3) is 0.211. The summed E-state index contributed by atoms with van der Waals surface area (Å²) in [6, 6.07) is 11.1. The number of carbonyl (C=O) groups is 1. The third-order valence-electron chi connectivity index (χ3n) is 3.79. The molecular formula is C19H20NO3+. The number of phenols is 1. The number of carbonyl (C=O) groups excluding carboxylic acids is 1. The first kappa shape index (κ1) is 15.3. The number of ether oxygens (including phenoxy) is 1. The molecule has 0 saturated heterocycles. The minimum atomic E-state index is -0.142. The summed E-state index contributed by atoms with van der Waals surface area (Å²) < 4.78 is 5.81. The lowest BCUT2D eigenvalue weighted by Crippen LogP contribution is -3.04. The first-order valence-corrected chi connectivity index (χ1v) is 7.60. The van der Waals surface area contributed by atoms with E-state index in [4.69, 9.17) is 4.74 Å². The smallest absolute Gasteiger partial charge is 0.231 e. The van der Waals surface area contributed by atoms with Gasteiger partial charge in [-0.1, -0.05) is 29.8 Å². The topological polar surface area (TPSA) is 51.0 Å². The summed E-state index contributed by atoms with van der Waals surface area (Å²) in [5.41, 5.74) is 3.23. The number of rotatable bonds is 3. The quantitative estimate of drug-likeness (QED) is 0.852.